The highest BCUT2D eigenvalue weighted by atomic mass is 35.5. The number of halogens is 1. The van der Waals surface area contributed by atoms with Crippen molar-refractivity contribution < 1.29 is 5.21 Å². The van der Waals surface area contributed by atoms with Crippen LogP contribution >= 0.6 is 11.6 Å². The summed E-state index contributed by atoms with van der Waals surface area (Å²) in [7, 11) is 0. The lowest BCUT2D eigenvalue weighted by Crippen LogP contribution is -2.41. The first-order chi connectivity index (χ1) is 9.02. The first kappa shape index (κ1) is 14.0. The molecule has 1 aliphatic heterocycles. The van der Waals surface area contributed by atoms with Gasteiger partial charge in [-0.2, -0.15) is 0 Å². The minimum atomic E-state index is 0.0385. The van der Waals surface area contributed by atoms with Crippen LogP contribution < -0.4 is 10.6 Å². The number of anilines is 1. The fraction of sp³-hybridized carbons (Fsp3) is 0.500. The first-order valence-electron chi connectivity index (χ1n) is 6.57. The van der Waals surface area contributed by atoms with Gasteiger partial charge in [-0.15, -0.1) is 0 Å². The fourth-order valence-corrected chi connectivity index (χ4v) is 2.86. The summed E-state index contributed by atoms with van der Waals surface area (Å²) < 4.78 is 0. The van der Waals surface area contributed by atoms with Gasteiger partial charge in [-0.3, -0.25) is 0 Å². The Hall–Kier alpha value is -1.42. The van der Waals surface area contributed by atoms with Gasteiger partial charge in [0, 0.05) is 23.8 Å². The van der Waals surface area contributed by atoms with Crippen LogP contribution in [0.4, 0.5) is 5.69 Å². The number of hydrogen-bond donors (Lipinski definition) is 2. The topological polar surface area (TPSA) is 61.8 Å². The molecule has 0 spiro atoms. The van der Waals surface area contributed by atoms with Gasteiger partial charge in [-0.1, -0.05) is 23.7 Å². The molecule has 2 atom stereocenters. The summed E-state index contributed by atoms with van der Waals surface area (Å²) in [6.07, 6.45) is 2.47. The molecule has 1 fully saturated rings. The van der Waals surface area contributed by atoms with Crippen LogP contribution in [-0.4, -0.2) is 23.6 Å². The van der Waals surface area contributed by atoms with Gasteiger partial charge in [-0.25, -0.2) is 0 Å². The molecule has 2 rings (SSSR count). The second-order valence-corrected chi connectivity index (χ2v) is 5.74. The molecule has 1 aromatic carbocycles. The molecule has 0 aliphatic carbocycles. The smallest absolute Gasteiger partial charge is 0.171 e. The molecule has 1 aromatic rings. The summed E-state index contributed by atoms with van der Waals surface area (Å²) in [5, 5.41) is 12.2. The zero-order chi connectivity index (χ0) is 14.0. The van der Waals surface area contributed by atoms with Crippen molar-refractivity contribution in [3.8, 4) is 0 Å². The third-order valence-corrected chi connectivity index (χ3v) is 4.10. The van der Waals surface area contributed by atoms with Crippen LogP contribution in [0, 0.1) is 5.92 Å². The number of hydrogen-bond acceptors (Lipinski definition) is 3. The Labute approximate surface area is 118 Å². The van der Waals surface area contributed by atoms with E-state index in [1.165, 1.54) is 12.8 Å². The van der Waals surface area contributed by atoms with E-state index in [9.17, 15) is 0 Å². The van der Waals surface area contributed by atoms with Gasteiger partial charge < -0.3 is 15.8 Å². The quantitative estimate of drug-likeness (QED) is 0.379. The second-order valence-electron chi connectivity index (χ2n) is 5.33. The Bertz CT molecular complexity index is 490. The van der Waals surface area contributed by atoms with Crippen molar-refractivity contribution in [3.63, 3.8) is 0 Å². The highest BCUT2D eigenvalue weighted by Gasteiger charge is 2.23. The zero-order valence-corrected chi connectivity index (χ0v) is 12.1. The van der Waals surface area contributed by atoms with Gasteiger partial charge in [0.25, 0.3) is 0 Å². The van der Waals surface area contributed by atoms with Gasteiger partial charge in [0.05, 0.1) is 5.02 Å². The maximum Gasteiger partial charge on any atom is 0.171 e. The summed E-state index contributed by atoms with van der Waals surface area (Å²) in [5.74, 6) is 0.732. The lowest BCUT2D eigenvalue weighted by molar-refractivity contribution is 0.318. The minimum absolute atomic E-state index is 0.0385. The first-order valence-corrected chi connectivity index (χ1v) is 6.94. The number of rotatable bonds is 2. The highest BCUT2D eigenvalue weighted by molar-refractivity contribution is 6.34. The van der Waals surface area contributed by atoms with Crippen LogP contribution in [-0.2, 0) is 0 Å². The van der Waals surface area contributed by atoms with Crippen LogP contribution in [0.15, 0.2) is 23.4 Å². The van der Waals surface area contributed by atoms with E-state index < -0.39 is 0 Å². The average molecular weight is 282 g/mol. The molecular weight excluding hydrogens is 262 g/mol. The third kappa shape index (κ3) is 2.95. The normalized spacial score (nSPS) is 24.6. The zero-order valence-electron chi connectivity index (χ0n) is 11.3. The number of nitrogens with two attached hydrogens (primary N) is 1. The molecule has 19 heavy (non-hydrogen) atoms. The van der Waals surface area contributed by atoms with Crippen molar-refractivity contribution in [1.82, 2.24) is 0 Å². The van der Waals surface area contributed by atoms with Gasteiger partial charge in [0.2, 0.25) is 0 Å². The lowest BCUT2D eigenvalue weighted by Gasteiger charge is -2.38. The van der Waals surface area contributed by atoms with E-state index in [1.807, 2.05) is 12.1 Å². The van der Waals surface area contributed by atoms with E-state index >= 15 is 0 Å². The predicted octanol–water partition coefficient (Wildman–Crippen LogP) is 3.06. The number of piperidine rings is 1. The fourth-order valence-electron chi connectivity index (χ4n) is 2.59. The maximum atomic E-state index is 8.70. The largest absolute Gasteiger partial charge is 0.409 e. The van der Waals surface area contributed by atoms with E-state index in [1.54, 1.807) is 6.07 Å². The number of benzene rings is 1. The molecule has 1 saturated heterocycles. The molecule has 2 unspecified atom stereocenters. The molecule has 4 nitrogen and oxygen atoms in total. The molecular formula is C14H20ClN3O. The molecule has 0 aromatic heterocycles. The monoisotopic (exact) mass is 281 g/mol. The molecule has 0 amide bonds. The van der Waals surface area contributed by atoms with Crippen molar-refractivity contribution in [1.29, 1.82) is 0 Å². The third-order valence-electron chi connectivity index (χ3n) is 3.79. The standard InChI is InChI=1S/C14H20ClN3O/c1-9-3-4-10(2)18(8-9)11-5-6-12(13(15)7-11)14(16)17-19/h5-7,9-10,19H,3-4,8H2,1-2H3,(H2,16,17). The summed E-state index contributed by atoms with van der Waals surface area (Å²) in [6, 6.07) is 6.19. The molecule has 1 aliphatic rings. The van der Waals surface area contributed by atoms with Gasteiger partial charge in [0.1, 0.15) is 0 Å². The number of oxime groups is 1. The van der Waals surface area contributed by atoms with Gasteiger partial charge in [-0.05, 0) is 43.9 Å². The number of nitrogens with zero attached hydrogens (tertiary/aromatic N) is 2. The number of amidine groups is 1. The van der Waals surface area contributed by atoms with Gasteiger partial charge >= 0.3 is 0 Å². The predicted molar refractivity (Wildman–Crippen MR) is 79.2 cm³/mol. The SMILES string of the molecule is CC1CCC(C)N(c2ccc(C(N)=NO)c(Cl)c2)C1. The molecule has 3 N–H and O–H groups in total. The maximum absolute atomic E-state index is 8.70. The lowest BCUT2D eigenvalue weighted by atomic mass is 9.94. The Kier molecular flexibility index (Phi) is 4.20. The van der Waals surface area contributed by atoms with E-state index in [-0.39, 0.29) is 5.84 Å². The Morgan fingerprint density at radius 1 is 1.42 bits per heavy atom. The summed E-state index contributed by atoms with van der Waals surface area (Å²) >= 11 is 6.21. The Morgan fingerprint density at radius 3 is 2.79 bits per heavy atom. The minimum Gasteiger partial charge on any atom is -0.409 e. The molecule has 5 heteroatoms. The van der Waals surface area contributed by atoms with E-state index in [2.05, 4.69) is 23.9 Å². The molecule has 0 saturated carbocycles. The van der Waals surface area contributed by atoms with E-state index in [0.717, 1.165) is 12.2 Å². The van der Waals surface area contributed by atoms with Crippen LogP contribution in [0.2, 0.25) is 5.02 Å². The summed E-state index contributed by atoms with van der Waals surface area (Å²) in [6.45, 7) is 5.54. The van der Waals surface area contributed by atoms with Crippen LogP contribution in [0.25, 0.3) is 0 Å². The summed E-state index contributed by atoms with van der Waals surface area (Å²) in [4.78, 5) is 2.37. The summed E-state index contributed by atoms with van der Waals surface area (Å²) in [5.41, 5.74) is 7.23. The molecule has 104 valence electrons. The second kappa shape index (κ2) is 5.70. The van der Waals surface area contributed by atoms with Crippen LogP contribution in [0.5, 0.6) is 0 Å². The Balaban J connectivity index is 2.28. The average Bonchev–Trinajstić information content (AvgIpc) is 2.40. The molecule has 0 radical (unpaired) electrons. The molecule has 0 bridgehead atoms. The van der Waals surface area contributed by atoms with Crippen LogP contribution in [0.1, 0.15) is 32.3 Å². The Morgan fingerprint density at radius 2 is 2.16 bits per heavy atom. The van der Waals surface area contributed by atoms with Crippen LogP contribution in [0.3, 0.4) is 0 Å². The van der Waals surface area contributed by atoms with E-state index in [4.69, 9.17) is 22.5 Å². The molecule has 1 heterocycles. The van der Waals surface area contributed by atoms with Crippen molar-refractivity contribution in [2.24, 2.45) is 16.8 Å². The van der Waals surface area contributed by atoms with Gasteiger partial charge in [0.15, 0.2) is 5.84 Å². The van der Waals surface area contributed by atoms with Crippen molar-refractivity contribution in [2.75, 3.05) is 11.4 Å². The van der Waals surface area contributed by atoms with Crippen molar-refractivity contribution in [2.45, 2.75) is 32.7 Å². The van der Waals surface area contributed by atoms with Crippen molar-refractivity contribution >= 4 is 23.1 Å². The van der Waals surface area contributed by atoms with Crippen molar-refractivity contribution in [3.05, 3.63) is 28.8 Å². The highest BCUT2D eigenvalue weighted by Crippen LogP contribution is 2.30. The van der Waals surface area contributed by atoms with E-state index in [0.29, 0.717) is 22.5 Å².